The lowest BCUT2D eigenvalue weighted by atomic mass is 9.99. The first kappa shape index (κ1) is 25.0. The number of aliphatic carboxylic acids is 1. The highest BCUT2D eigenvalue weighted by atomic mass is 16.4. The van der Waals surface area contributed by atoms with Gasteiger partial charge >= 0.3 is 5.97 Å². The van der Waals surface area contributed by atoms with E-state index >= 15 is 0 Å². The molecule has 182 valence electrons. The summed E-state index contributed by atoms with van der Waals surface area (Å²) < 4.78 is 0. The SMILES string of the molecule is C=C(CCc1ccc(-c2ccc(N(c3ccc(C)cc3)c3c(C)cc(C)cc3C)cc2)cc1)C(=O)O. The molecule has 0 aliphatic carbocycles. The van der Waals surface area contributed by atoms with Gasteiger partial charge in [0.2, 0.25) is 0 Å². The van der Waals surface area contributed by atoms with E-state index in [4.69, 9.17) is 5.11 Å². The molecule has 0 aliphatic heterocycles. The second kappa shape index (κ2) is 10.7. The Morgan fingerprint density at radius 2 is 1.19 bits per heavy atom. The third-order valence-corrected chi connectivity index (χ3v) is 6.58. The van der Waals surface area contributed by atoms with Crippen LogP contribution in [0, 0.1) is 27.7 Å². The van der Waals surface area contributed by atoms with Crippen LogP contribution in [-0.4, -0.2) is 11.1 Å². The monoisotopic (exact) mass is 475 g/mol. The molecular formula is C33H33NO2. The maximum atomic E-state index is 11.0. The number of anilines is 3. The Kier molecular flexibility index (Phi) is 7.40. The predicted octanol–water partition coefficient (Wildman–Crippen LogP) is 8.63. The maximum Gasteiger partial charge on any atom is 0.330 e. The number of rotatable bonds is 8. The van der Waals surface area contributed by atoms with Crippen molar-refractivity contribution in [3.05, 3.63) is 125 Å². The zero-order valence-electron chi connectivity index (χ0n) is 21.5. The van der Waals surface area contributed by atoms with E-state index < -0.39 is 5.97 Å². The summed E-state index contributed by atoms with van der Waals surface area (Å²) in [5, 5.41) is 9.01. The standard InChI is InChI=1S/C33H33NO2/c1-22-6-16-30(17-7-22)34(32-25(4)20-23(2)21-26(32)5)31-18-14-29(15-19-31)28-12-10-27(11-13-28)9-8-24(3)33(35)36/h6-7,10-21H,3,8-9H2,1-2,4-5H3,(H,35,36). The summed E-state index contributed by atoms with van der Waals surface area (Å²) in [6.45, 7) is 12.2. The van der Waals surface area contributed by atoms with E-state index in [-0.39, 0.29) is 5.57 Å². The van der Waals surface area contributed by atoms with E-state index in [1.807, 2.05) is 0 Å². The van der Waals surface area contributed by atoms with Gasteiger partial charge in [-0.15, -0.1) is 0 Å². The Hall–Kier alpha value is -4.11. The Labute approximate surface area is 214 Å². The van der Waals surface area contributed by atoms with Crippen molar-refractivity contribution in [3.63, 3.8) is 0 Å². The van der Waals surface area contributed by atoms with E-state index in [1.165, 1.54) is 27.9 Å². The topological polar surface area (TPSA) is 40.5 Å². The van der Waals surface area contributed by atoms with Crippen LogP contribution in [0.4, 0.5) is 17.1 Å². The van der Waals surface area contributed by atoms with Gasteiger partial charge in [-0.1, -0.05) is 78.4 Å². The number of carboxylic acids is 1. The van der Waals surface area contributed by atoms with Crippen LogP contribution in [0.3, 0.4) is 0 Å². The van der Waals surface area contributed by atoms with Crippen LogP contribution in [-0.2, 0) is 11.2 Å². The summed E-state index contributed by atoms with van der Waals surface area (Å²) in [6, 6.07) is 30.2. The van der Waals surface area contributed by atoms with E-state index in [0.29, 0.717) is 12.8 Å². The molecule has 0 heterocycles. The third kappa shape index (κ3) is 5.58. The number of aryl methyl sites for hydroxylation is 5. The Balaban J connectivity index is 1.64. The quantitative estimate of drug-likeness (QED) is 0.259. The molecule has 0 amide bonds. The normalized spacial score (nSPS) is 10.8. The highest BCUT2D eigenvalue weighted by molar-refractivity contribution is 5.85. The first-order chi connectivity index (χ1) is 17.2. The number of carboxylic acid groups (broad SMARTS) is 1. The van der Waals surface area contributed by atoms with Crippen LogP contribution in [0.25, 0.3) is 11.1 Å². The molecule has 3 heteroatoms. The second-order valence-corrected chi connectivity index (χ2v) is 9.57. The first-order valence-corrected chi connectivity index (χ1v) is 12.3. The Morgan fingerprint density at radius 1 is 0.722 bits per heavy atom. The van der Waals surface area contributed by atoms with Crippen LogP contribution in [0.5, 0.6) is 0 Å². The van der Waals surface area contributed by atoms with Gasteiger partial charge in [-0.3, -0.25) is 0 Å². The molecule has 0 saturated heterocycles. The van der Waals surface area contributed by atoms with Crippen molar-refractivity contribution in [3.8, 4) is 11.1 Å². The number of carbonyl (C=O) groups is 1. The third-order valence-electron chi connectivity index (χ3n) is 6.58. The van der Waals surface area contributed by atoms with Crippen molar-refractivity contribution < 1.29 is 9.90 Å². The number of hydrogen-bond donors (Lipinski definition) is 1. The zero-order chi connectivity index (χ0) is 25.8. The van der Waals surface area contributed by atoms with Crippen LogP contribution in [0.15, 0.2) is 97.1 Å². The minimum Gasteiger partial charge on any atom is -0.478 e. The number of hydrogen-bond acceptors (Lipinski definition) is 2. The average molecular weight is 476 g/mol. The van der Waals surface area contributed by atoms with Crippen LogP contribution in [0.1, 0.15) is 34.2 Å². The summed E-state index contributed by atoms with van der Waals surface area (Å²) in [6.07, 6.45) is 1.13. The lowest BCUT2D eigenvalue weighted by Crippen LogP contribution is -2.13. The molecule has 0 fully saturated rings. The first-order valence-electron chi connectivity index (χ1n) is 12.3. The van der Waals surface area contributed by atoms with Gasteiger partial charge in [0.25, 0.3) is 0 Å². The fourth-order valence-corrected chi connectivity index (χ4v) is 4.70. The number of benzene rings is 4. The van der Waals surface area contributed by atoms with Gasteiger partial charge in [-0.25, -0.2) is 4.79 Å². The molecule has 0 aliphatic rings. The van der Waals surface area contributed by atoms with Crippen molar-refractivity contribution in [1.82, 2.24) is 0 Å². The molecule has 0 saturated carbocycles. The van der Waals surface area contributed by atoms with Gasteiger partial charge < -0.3 is 10.0 Å². The molecule has 3 nitrogen and oxygen atoms in total. The van der Waals surface area contributed by atoms with Gasteiger partial charge in [-0.2, -0.15) is 0 Å². The fourth-order valence-electron chi connectivity index (χ4n) is 4.70. The summed E-state index contributed by atoms with van der Waals surface area (Å²) in [7, 11) is 0. The molecule has 1 N–H and O–H groups in total. The Morgan fingerprint density at radius 3 is 1.69 bits per heavy atom. The van der Waals surface area contributed by atoms with E-state index in [0.717, 1.165) is 28.1 Å². The van der Waals surface area contributed by atoms with Crippen molar-refractivity contribution in [1.29, 1.82) is 0 Å². The molecule has 0 aromatic heterocycles. The summed E-state index contributed by atoms with van der Waals surface area (Å²) in [5.74, 6) is -0.928. The van der Waals surface area contributed by atoms with E-state index in [2.05, 4.69) is 124 Å². The van der Waals surface area contributed by atoms with Crippen molar-refractivity contribution in [2.75, 3.05) is 4.90 Å². The molecule has 0 bridgehead atoms. The molecule has 4 aromatic carbocycles. The largest absolute Gasteiger partial charge is 0.478 e. The van der Waals surface area contributed by atoms with Crippen molar-refractivity contribution in [2.45, 2.75) is 40.5 Å². The molecular weight excluding hydrogens is 442 g/mol. The average Bonchev–Trinajstić information content (AvgIpc) is 2.86. The zero-order valence-corrected chi connectivity index (χ0v) is 21.5. The summed E-state index contributed by atoms with van der Waals surface area (Å²) in [5.41, 5.74) is 12.1. The van der Waals surface area contributed by atoms with Gasteiger partial charge in [0.05, 0.1) is 5.69 Å². The van der Waals surface area contributed by atoms with Gasteiger partial charge in [-0.05, 0) is 92.6 Å². The number of nitrogens with zero attached hydrogens (tertiary/aromatic N) is 1. The van der Waals surface area contributed by atoms with Gasteiger partial charge in [0, 0.05) is 16.9 Å². The molecule has 0 unspecified atom stereocenters. The van der Waals surface area contributed by atoms with Crippen LogP contribution >= 0.6 is 0 Å². The van der Waals surface area contributed by atoms with Crippen molar-refractivity contribution in [2.24, 2.45) is 0 Å². The van der Waals surface area contributed by atoms with Crippen LogP contribution in [0.2, 0.25) is 0 Å². The molecule has 0 spiro atoms. The van der Waals surface area contributed by atoms with Crippen LogP contribution < -0.4 is 4.90 Å². The highest BCUT2D eigenvalue weighted by Crippen LogP contribution is 2.39. The van der Waals surface area contributed by atoms with Gasteiger partial charge in [0.15, 0.2) is 0 Å². The summed E-state index contributed by atoms with van der Waals surface area (Å²) >= 11 is 0. The van der Waals surface area contributed by atoms with Gasteiger partial charge in [0.1, 0.15) is 0 Å². The molecule has 0 atom stereocenters. The minimum absolute atomic E-state index is 0.242. The molecule has 4 rings (SSSR count). The summed E-state index contributed by atoms with van der Waals surface area (Å²) in [4.78, 5) is 13.3. The molecule has 36 heavy (non-hydrogen) atoms. The highest BCUT2D eigenvalue weighted by Gasteiger charge is 2.17. The Bertz CT molecular complexity index is 1360. The minimum atomic E-state index is -0.928. The lowest BCUT2D eigenvalue weighted by molar-refractivity contribution is -0.132. The van der Waals surface area contributed by atoms with E-state index in [9.17, 15) is 4.79 Å². The predicted molar refractivity (Wildman–Crippen MR) is 151 cm³/mol. The lowest BCUT2D eigenvalue weighted by Gasteiger charge is -2.29. The second-order valence-electron chi connectivity index (χ2n) is 9.57. The fraction of sp³-hybridized carbons (Fsp3) is 0.182. The molecule has 4 aromatic rings. The maximum absolute atomic E-state index is 11.0. The smallest absolute Gasteiger partial charge is 0.330 e. The van der Waals surface area contributed by atoms with Crippen molar-refractivity contribution >= 4 is 23.0 Å². The van der Waals surface area contributed by atoms with E-state index in [1.54, 1.807) is 0 Å². The molecule has 0 radical (unpaired) electrons.